The molecule has 15 heavy (non-hydrogen) atoms. The minimum Gasteiger partial charge on any atom is -0.256 e. The summed E-state index contributed by atoms with van der Waals surface area (Å²) in [6, 6.07) is 12.1. The number of benzene rings is 1. The Hall–Kier alpha value is -0.571. The van der Waals surface area contributed by atoms with E-state index < -0.39 is 0 Å². The zero-order chi connectivity index (χ0) is 11.1. The number of hydrogen-bond donors (Lipinski definition) is 0. The van der Waals surface area contributed by atoms with Crippen molar-refractivity contribution in [1.29, 1.82) is 0 Å². The van der Waals surface area contributed by atoms with E-state index in [0.29, 0.717) is 0 Å². The van der Waals surface area contributed by atoms with Crippen LogP contribution in [0.15, 0.2) is 42.6 Å². The fraction of sp³-hybridized carbons (Fsp3) is 0.308. The maximum absolute atomic E-state index is 4.18. The Balaban J connectivity index is 0.000000195. The van der Waals surface area contributed by atoms with Gasteiger partial charge in [-0.15, -0.1) is 0 Å². The molecule has 77 valence electrons. The first-order chi connectivity index (χ1) is 7.24. The maximum atomic E-state index is 4.18. The minimum absolute atomic E-state index is 0.924. The van der Waals surface area contributed by atoms with Gasteiger partial charge in [0.15, 0.2) is 0 Å². The number of hydrogen-bond acceptors (Lipinski definition) is 1. The maximum Gasteiger partial charge on any atom is 0.0701 e. The summed E-state index contributed by atoms with van der Waals surface area (Å²) in [5.41, 5.74) is 1.06. The number of aromatic nitrogens is 1. The molecule has 0 aliphatic carbocycles. The molecule has 0 saturated heterocycles. The van der Waals surface area contributed by atoms with Crippen molar-refractivity contribution in [3.63, 3.8) is 0 Å². The summed E-state index contributed by atoms with van der Waals surface area (Å²) in [5.74, 6) is 0.924. The number of fused-ring (bicyclic) bond motifs is 1. The molecule has 2 rings (SSSR count). The van der Waals surface area contributed by atoms with Gasteiger partial charge in [-0.25, -0.2) is 0 Å². The molecule has 3 radical (unpaired) electrons. The Labute approximate surface area is 105 Å². The molecular weight excluding hydrogens is 289 g/mol. The second-order valence-electron chi connectivity index (χ2n) is 3.79. The van der Waals surface area contributed by atoms with Crippen LogP contribution >= 0.6 is 0 Å². The first-order valence-corrected chi connectivity index (χ1v) is 7.20. The van der Waals surface area contributed by atoms with Gasteiger partial charge in [0.05, 0.1) is 5.52 Å². The molecule has 2 heteroatoms. The molecule has 0 amide bonds. The van der Waals surface area contributed by atoms with Gasteiger partial charge >= 0.3 is 46.7 Å². The van der Waals surface area contributed by atoms with Crippen LogP contribution in [0.2, 0.25) is 4.44 Å². The van der Waals surface area contributed by atoms with Crippen molar-refractivity contribution in [1.82, 2.24) is 4.98 Å². The monoisotopic (exact) mass is 306 g/mol. The summed E-state index contributed by atoms with van der Waals surface area (Å²) in [5, 5.41) is 1.20. The second-order valence-corrected chi connectivity index (χ2v) is 4.96. The quantitative estimate of drug-likeness (QED) is 0.735. The molecular formula is C13H16NSn. The van der Waals surface area contributed by atoms with Gasteiger partial charge in [-0.1, -0.05) is 24.3 Å². The summed E-state index contributed by atoms with van der Waals surface area (Å²) in [4.78, 5) is 4.18. The Morgan fingerprint density at radius 2 is 1.73 bits per heavy atom. The molecule has 1 aromatic carbocycles. The molecule has 0 unspecified atom stereocenters. The van der Waals surface area contributed by atoms with E-state index in [0.717, 1.165) is 11.4 Å². The smallest absolute Gasteiger partial charge is 0.0701 e. The van der Waals surface area contributed by atoms with Gasteiger partial charge in [-0.3, -0.25) is 4.98 Å². The zero-order valence-electron chi connectivity index (χ0n) is 9.27. The average molecular weight is 305 g/mol. The molecule has 0 fully saturated rings. The molecule has 1 nitrogen and oxygen atoms in total. The zero-order valence-corrected chi connectivity index (χ0v) is 12.1. The number of para-hydroxylation sites is 1. The Kier molecular flexibility index (Phi) is 5.69. The van der Waals surface area contributed by atoms with Crippen LogP contribution in [0.4, 0.5) is 0 Å². The molecule has 0 saturated carbocycles. The Morgan fingerprint density at radius 3 is 2.33 bits per heavy atom. The summed E-state index contributed by atoms with van der Waals surface area (Å²) >= 11 is 1.66. The Bertz CT molecular complexity index is 333. The summed E-state index contributed by atoms with van der Waals surface area (Å²) < 4.78 is 1.40. The van der Waals surface area contributed by atoms with Crippen molar-refractivity contribution >= 4 is 33.4 Å². The van der Waals surface area contributed by atoms with E-state index in [1.807, 2.05) is 30.5 Å². The van der Waals surface area contributed by atoms with Crippen LogP contribution in [0.1, 0.15) is 13.8 Å². The molecule has 0 N–H and O–H groups in total. The van der Waals surface area contributed by atoms with Gasteiger partial charge in [-0.05, 0) is 12.1 Å². The number of rotatable bonds is 1. The largest absolute Gasteiger partial charge is 0.256 e. The van der Waals surface area contributed by atoms with Crippen LogP contribution in [0.3, 0.4) is 0 Å². The normalized spacial score (nSPS) is 9.87. The van der Waals surface area contributed by atoms with E-state index in [2.05, 4.69) is 31.0 Å². The first-order valence-electron chi connectivity index (χ1n) is 5.18. The van der Waals surface area contributed by atoms with Gasteiger partial charge in [-0.2, -0.15) is 0 Å². The molecule has 0 atom stereocenters. The van der Waals surface area contributed by atoms with Gasteiger partial charge < -0.3 is 0 Å². The fourth-order valence-electron chi connectivity index (χ4n) is 1.02. The van der Waals surface area contributed by atoms with Crippen molar-refractivity contribution in [2.45, 2.75) is 18.3 Å². The topological polar surface area (TPSA) is 12.9 Å². The van der Waals surface area contributed by atoms with E-state index in [1.54, 1.807) is 22.5 Å². The van der Waals surface area contributed by atoms with Gasteiger partial charge in [0.1, 0.15) is 0 Å². The van der Waals surface area contributed by atoms with Crippen molar-refractivity contribution < 1.29 is 0 Å². The molecule has 0 aliphatic rings. The van der Waals surface area contributed by atoms with Crippen LogP contribution < -0.4 is 0 Å². The Morgan fingerprint density at radius 1 is 1.13 bits per heavy atom. The average Bonchev–Trinajstić information content (AvgIpc) is 2.30. The third-order valence-electron chi connectivity index (χ3n) is 1.92. The molecule has 1 aromatic heterocycles. The standard InChI is InChI=1S/C9H7N.C4H9.Sn/c1-2-6-9-8(4-1)5-3-7-10-9;1-4(2)3;/h1-7H;4H,1H2,2-3H3;. The predicted octanol–water partition coefficient (Wildman–Crippen LogP) is 3.46. The summed E-state index contributed by atoms with van der Waals surface area (Å²) in [7, 11) is 0. The van der Waals surface area contributed by atoms with Crippen LogP contribution in [0.25, 0.3) is 10.9 Å². The van der Waals surface area contributed by atoms with Crippen molar-refractivity contribution in [2.24, 2.45) is 5.92 Å². The molecule has 0 bridgehead atoms. The first kappa shape index (κ1) is 12.5. The number of nitrogens with zero attached hydrogens (tertiary/aromatic N) is 1. The fourth-order valence-corrected chi connectivity index (χ4v) is 1.02. The molecule has 0 spiro atoms. The SMILES string of the molecule is CC(C)[CH2][Sn].c1ccc2ncccc2c1. The van der Waals surface area contributed by atoms with E-state index >= 15 is 0 Å². The minimum atomic E-state index is 0.924. The van der Waals surface area contributed by atoms with Gasteiger partial charge in [0.25, 0.3) is 0 Å². The third-order valence-corrected chi connectivity index (χ3v) is 4.25. The van der Waals surface area contributed by atoms with E-state index in [9.17, 15) is 0 Å². The van der Waals surface area contributed by atoms with Crippen molar-refractivity contribution in [3.8, 4) is 0 Å². The van der Waals surface area contributed by atoms with E-state index in [-0.39, 0.29) is 0 Å². The summed E-state index contributed by atoms with van der Waals surface area (Å²) in [6.45, 7) is 4.49. The van der Waals surface area contributed by atoms with E-state index in [4.69, 9.17) is 0 Å². The van der Waals surface area contributed by atoms with E-state index in [1.165, 1.54) is 9.82 Å². The van der Waals surface area contributed by atoms with Crippen molar-refractivity contribution in [2.75, 3.05) is 0 Å². The van der Waals surface area contributed by atoms with Gasteiger partial charge in [0.2, 0.25) is 0 Å². The number of pyridine rings is 1. The third kappa shape index (κ3) is 4.65. The van der Waals surface area contributed by atoms with Crippen LogP contribution in [-0.2, 0) is 0 Å². The second kappa shape index (κ2) is 6.83. The van der Waals surface area contributed by atoms with Crippen molar-refractivity contribution in [3.05, 3.63) is 42.6 Å². The molecule has 0 aliphatic heterocycles. The molecule has 1 heterocycles. The van der Waals surface area contributed by atoms with Crippen LogP contribution in [0.5, 0.6) is 0 Å². The van der Waals surface area contributed by atoms with Gasteiger partial charge in [0, 0.05) is 11.6 Å². The van der Waals surface area contributed by atoms with Crippen LogP contribution in [-0.4, -0.2) is 27.5 Å². The summed E-state index contributed by atoms with van der Waals surface area (Å²) in [6.07, 6.45) is 1.81. The molecule has 2 aromatic rings. The van der Waals surface area contributed by atoms with Crippen LogP contribution in [0, 0.1) is 5.92 Å². The predicted molar refractivity (Wildman–Crippen MR) is 67.1 cm³/mol.